The Labute approximate surface area is 169 Å². The minimum absolute atomic E-state index is 0.654. The summed E-state index contributed by atoms with van der Waals surface area (Å²) in [6, 6.07) is 18.6. The number of para-hydroxylation sites is 1. The first-order chi connectivity index (χ1) is 14.2. The molecular formula is C24H22N4O. The van der Waals surface area contributed by atoms with Crippen molar-refractivity contribution in [2.45, 2.75) is 12.8 Å². The highest BCUT2D eigenvalue weighted by Crippen LogP contribution is 2.41. The zero-order valence-electron chi connectivity index (χ0n) is 16.6. The molecule has 0 bridgehead atoms. The third kappa shape index (κ3) is 2.64. The van der Waals surface area contributed by atoms with Gasteiger partial charge in [0.2, 0.25) is 0 Å². The van der Waals surface area contributed by atoms with Crippen LogP contribution in [0.5, 0.6) is 5.75 Å². The van der Waals surface area contributed by atoms with Crippen LogP contribution >= 0.6 is 0 Å². The van der Waals surface area contributed by atoms with Gasteiger partial charge in [0.25, 0.3) is 0 Å². The minimum Gasteiger partial charge on any atom is -0.497 e. The fraction of sp³-hybridized carbons (Fsp3) is 0.250. The van der Waals surface area contributed by atoms with Crippen LogP contribution in [0.15, 0.2) is 48.5 Å². The lowest BCUT2D eigenvalue weighted by atomic mass is 10.0. The second kappa shape index (κ2) is 6.82. The van der Waals surface area contributed by atoms with E-state index in [0.717, 1.165) is 70.6 Å². The third-order valence-electron chi connectivity index (χ3n) is 5.90. The summed E-state index contributed by atoms with van der Waals surface area (Å²) in [6.07, 6.45) is 2.30. The summed E-state index contributed by atoms with van der Waals surface area (Å²) < 4.78 is 7.44. The minimum atomic E-state index is 0.654. The molecule has 0 atom stereocenters. The predicted molar refractivity (Wildman–Crippen MR) is 116 cm³/mol. The van der Waals surface area contributed by atoms with Gasteiger partial charge in [-0.05, 0) is 43.2 Å². The quantitative estimate of drug-likeness (QED) is 0.507. The summed E-state index contributed by atoms with van der Waals surface area (Å²) in [6.45, 7) is 1.94. The number of fused-ring (bicyclic) bond motifs is 3. The zero-order chi connectivity index (χ0) is 20.0. The Hall–Kier alpha value is -3.52. The van der Waals surface area contributed by atoms with Crippen LogP contribution in [-0.2, 0) is 7.05 Å². The van der Waals surface area contributed by atoms with Gasteiger partial charge >= 0.3 is 0 Å². The topological polar surface area (TPSA) is 54.1 Å². The molecule has 1 aliphatic rings. The number of benzene rings is 2. The van der Waals surface area contributed by atoms with E-state index in [2.05, 4.69) is 40.8 Å². The lowest BCUT2D eigenvalue weighted by molar-refractivity contribution is 0.415. The molecule has 4 aromatic rings. The standard InChI is InChI=1S/C24H22N4O/c1-27-20-8-4-3-7-18(20)21-23(28-13-5-6-14-28)19(15-25)22(26-24(21)27)16-9-11-17(29-2)12-10-16/h3-4,7-12H,5-6,13-14H2,1-2H3. The molecule has 1 fully saturated rings. The van der Waals surface area contributed by atoms with Gasteiger partial charge in [-0.25, -0.2) is 4.98 Å². The average molecular weight is 382 g/mol. The van der Waals surface area contributed by atoms with Gasteiger partial charge in [0.05, 0.1) is 29.4 Å². The summed E-state index contributed by atoms with van der Waals surface area (Å²) in [5.41, 5.74) is 5.38. The molecule has 1 saturated heterocycles. The highest BCUT2D eigenvalue weighted by atomic mass is 16.5. The van der Waals surface area contributed by atoms with Crippen LogP contribution in [-0.4, -0.2) is 29.8 Å². The van der Waals surface area contributed by atoms with Gasteiger partial charge in [-0.15, -0.1) is 0 Å². The molecular weight excluding hydrogens is 360 g/mol. The number of methoxy groups -OCH3 is 1. The predicted octanol–water partition coefficient (Wildman–Crippen LogP) is 4.87. The largest absolute Gasteiger partial charge is 0.497 e. The zero-order valence-corrected chi connectivity index (χ0v) is 16.6. The molecule has 5 nitrogen and oxygen atoms in total. The van der Waals surface area contributed by atoms with Gasteiger partial charge in [-0.3, -0.25) is 0 Å². The summed E-state index contributed by atoms with van der Waals surface area (Å²) in [5, 5.41) is 12.4. The molecule has 0 unspecified atom stereocenters. The van der Waals surface area contributed by atoms with E-state index in [1.807, 2.05) is 30.3 Å². The van der Waals surface area contributed by atoms with Gasteiger partial charge in [-0.2, -0.15) is 5.26 Å². The number of ether oxygens (including phenoxy) is 1. The Morgan fingerprint density at radius 3 is 2.45 bits per heavy atom. The molecule has 29 heavy (non-hydrogen) atoms. The van der Waals surface area contributed by atoms with Crippen LogP contribution in [0.2, 0.25) is 0 Å². The molecule has 3 heterocycles. The summed E-state index contributed by atoms with van der Waals surface area (Å²) in [7, 11) is 3.70. The maximum absolute atomic E-state index is 10.2. The average Bonchev–Trinajstić information content (AvgIpc) is 3.40. The van der Waals surface area contributed by atoms with Crippen molar-refractivity contribution in [1.82, 2.24) is 9.55 Å². The number of nitrogens with zero attached hydrogens (tertiary/aromatic N) is 4. The molecule has 1 aliphatic heterocycles. The van der Waals surface area contributed by atoms with Crippen molar-refractivity contribution in [3.05, 3.63) is 54.1 Å². The van der Waals surface area contributed by atoms with E-state index in [-0.39, 0.29) is 0 Å². The van der Waals surface area contributed by atoms with E-state index in [0.29, 0.717) is 5.56 Å². The fourth-order valence-electron chi connectivity index (χ4n) is 4.46. The van der Waals surface area contributed by atoms with Crippen LogP contribution in [0, 0.1) is 11.3 Å². The van der Waals surface area contributed by atoms with Crippen molar-refractivity contribution in [1.29, 1.82) is 5.26 Å². The van der Waals surface area contributed by atoms with Crippen LogP contribution in [0.3, 0.4) is 0 Å². The monoisotopic (exact) mass is 382 g/mol. The van der Waals surface area contributed by atoms with E-state index < -0.39 is 0 Å². The van der Waals surface area contributed by atoms with E-state index in [1.165, 1.54) is 0 Å². The first kappa shape index (κ1) is 17.6. The Kier molecular flexibility index (Phi) is 4.13. The molecule has 2 aromatic heterocycles. The molecule has 5 rings (SSSR count). The summed E-state index contributed by atoms with van der Waals surface area (Å²) >= 11 is 0. The molecule has 2 aromatic carbocycles. The molecule has 0 amide bonds. The number of pyridine rings is 1. The second-order valence-electron chi connectivity index (χ2n) is 7.49. The van der Waals surface area contributed by atoms with Gasteiger partial charge < -0.3 is 14.2 Å². The Morgan fingerprint density at radius 1 is 1.03 bits per heavy atom. The first-order valence-electron chi connectivity index (χ1n) is 9.93. The van der Waals surface area contributed by atoms with E-state index >= 15 is 0 Å². The summed E-state index contributed by atoms with van der Waals surface area (Å²) in [4.78, 5) is 7.38. The Morgan fingerprint density at radius 2 is 1.76 bits per heavy atom. The Balaban J connectivity index is 1.90. The fourth-order valence-corrected chi connectivity index (χ4v) is 4.46. The molecule has 0 aliphatic carbocycles. The van der Waals surface area contributed by atoms with Crippen molar-refractivity contribution in [3.63, 3.8) is 0 Å². The molecule has 144 valence electrons. The molecule has 0 radical (unpaired) electrons. The number of aryl methyl sites for hydroxylation is 1. The number of rotatable bonds is 3. The molecule has 0 saturated carbocycles. The van der Waals surface area contributed by atoms with Crippen molar-refractivity contribution in [2.75, 3.05) is 25.1 Å². The normalized spacial score (nSPS) is 13.9. The van der Waals surface area contributed by atoms with Gasteiger partial charge in [0, 0.05) is 31.1 Å². The number of aromatic nitrogens is 2. The molecule has 0 spiro atoms. The molecule has 5 heteroatoms. The maximum atomic E-state index is 10.2. The van der Waals surface area contributed by atoms with E-state index in [1.54, 1.807) is 7.11 Å². The molecule has 0 N–H and O–H groups in total. The van der Waals surface area contributed by atoms with Crippen molar-refractivity contribution < 1.29 is 4.74 Å². The summed E-state index contributed by atoms with van der Waals surface area (Å²) in [5.74, 6) is 0.790. The number of nitriles is 1. The lowest BCUT2D eigenvalue weighted by Crippen LogP contribution is -2.20. The van der Waals surface area contributed by atoms with Crippen LogP contribution < -0.4 is 9.64 Å². The highest BCUT2D eigenvalue weighted by Gasteiger charge is 2.26. The maximum Gasteiger partial charge on any atom is 0.143 e. The van der Waals surface area contributed by atoms with Crippen molar-refractivity contribution >= 4 is 27.6 Å². The van der Waals surface area contributed by atoms with E-state index in [9.17, 15) is 5.26 Å². The van der Waals surface area contributed by atoms with Crippen molar-refractivity contribution in [2.24, 2.45) is 7.05 Å². The number of hydrogen-bond donors (Lipinski definition) is 0. The van der Waals surface area contributed by atoms with Gasteiger partial charge in [-0.1, -0.05) is 18.2 Å². The SMILES string of the molecule is COc1ccc(-c2nc3c(c(N4CCCC4)c2C#N)c2ccccc2n3C)cc1. The van der Waals surface area contributed by atoms with Gasteiger partial charge in [0.15, 0.2) is 0 Å². The van der Waals surface area contributed by atoms with Gasteiger partial charge in [0.1, 0.15) is 23.0 Å². The Bertz CT molecular complexity index is 1260. The lowest BCUT2D eigenvalue weighted by Gasteiger charge is -2.22. The number of anilines is 1. The first-order valence-corrected chi connectivity index (χ1v) is 9.93. The third-order valence-corrected chi connectivity index (χ3v) is 5.90. The van der Waals surface area contributed by atoms with Crippen LogP contribution in [0.4, 0.5) is 5.69 Å². The van der Waals surface area contributed by atoms with Crippen molar-refractivity contribution in [3.8, 4) is 23.1 Å². The van der Waals surface area contributed by atoms with Crippen LogP contribution in [0.1, 0.15) is 18.4 Å². The van der Waals surface area contributed by atoms with E-state index in [4.69, 9.17) is 9.72 Å². The van der Waals surface area contributed by atoms with Crippen LogP contribution in [0.25, 0.3) is 33.2 Å². The smallest absolute Gasteiger partial charge is 0.143 e. The highest BCUT2D eigenvalue weighted by molar-refractivity contribution is 6.15. The number of hydrogen-bond acceptors (Lipinski definition) is 4. The second-order valence-corrected chi connectivity index (χ2v) is 7.49.